The van der Waals surface area contributed by atoms with Crippen LogP contribution in [0.1, 0.15) is 126 Å². The van der Waals surface area contributed by atoms with Crippen LogP contribution in [-0.2, 0) is 62.5 Å². The summed E-state index contributed by atoms with van der Waals surface area (Å²) in [6.07, 6.45) is 22.4. The van der Waals surface area contributed by atoms with E-state index in [-0.39, 0.29) is 123 Å². The van der Waals surface area contributed by atoms with Gasteiger partial charge in [0.1, 0.15) is 44.5 Å². The van der Waals surface area contributed by atoms with Crippen molar-refractivity contribution in [1.82, 2.24) is 55.1 Å². The fourth-order valence-corrected chi connectivity index (χ4v) is 14.3. The number of carbonyl (C=O) groups excluding carboxylic acids is 2. The minimum absolute atomic E-state index is 0. The van der Waals surface area contributed by atoms with Crippen molar-refractivity contribution in [2.45, 2.75) is 153 Å². The quantitative estimate of drug-likeness (QED) is 0.0222. The standard InChI is InChI=1S/C21H28N2O2Si.C15H24N2O2Si.C15H14N2O2.C15H12N2O2.C11H12N2O3.C9H10N2O2.CH3.HI.Mg.Mn.2O/c1-16-12-13-22-14-18(15-25-26(5,6)21(2,3)4)23(20(24)19(16)22)17-10-8-7-9-11-17;1-11-7-8-17-9-12(16-14(18)13(11)17)10-19-20(5,6)15(2,3)4;2*1-11-7-8-16-9-13(10-18)17(15(19)14(11)16)12-5-3-2-4-6-12;1-3-16-11(15)8-6-13-5-4-7(2)9(13)10(14)12-8;1-6-2-3-11-4-7(5-12)10-9(13)8(6)11;;;;;;/h7-14H,15H2,1-6H3;7-9H,10H2,1-6H3,(H,16,18);2-9,18H,10H2,1H3;2-10H,1H3;4-6H,3H2,1-2H3,(H,12,14);2-4,12H,5H2,1H3,(H,10,13);1H3;1H;;;;/q;;;;;;-1;;+2;;;/p-1. The first-order valence-corrected chi connectivity index (χ1v) is 44.2. The van der Waals surface area contributed by atoms with Crippen molar-refractivity contribution >= 4 is 85.0 Å². The van der Waals surface area contributed by atoms with Crippen LogP contribution in [-0.4, -0.2) is 124 Å². The average Bonchev–Trinajstić information content (AvgIpc) is 1.66. The fourth-order valence-electron chi connectivity index (χ4n) is 12.4. The number of halogens is 1. The molecule has 0 atom stereocenters. The van der Waals surface area contributed by atoms with Gasteiger partial charge < -0.3 is 96.6 Å². The van der Waals surface area contributed by atoms with Gasteiger partial charge in [0.2, 0.25) is 0 Å². The topological polar surface area (TPSA) is 327 Å². The van der Waals surface area contributed by atoms with Gasteiger partial charge in [-0.3, -0.25) is 47.3 Å². The van der Waals surface area contributed by atoms with E-state index < -0.39 is 37.4 Å². The van der Waals surface area contributed by atoms with Crippen molar-refractivity contribution < 1.29 is 79.9 Å². The summed E-state index contributed by atoms with van der Waals surface area (Å²) in [5.41, 5.74) is 14.3. The number of para-hydroxylation sites is 3. The van der Waals surface area contributed by atoms with Gasteiger partial charge in [-0.1, -0.05) is 96.1 Å². The SMILES string of the molecule is CCOC(=O)c1cn2ccc(C)c2c(=O)[nH]1.Cc1ccn2cc(C=O)n(-c3ccccc3)c(=O)c12.Cc1ccn2cc(CO)[nH]c(=O)c12.Cc1ccn2cc(CO)n(-c3ccccc3)c(=O)c12.Cc1ccn2cc(CO[Si](C)(C)C(C)(C)C)[nH]c(=O)c12.Cc1ccn2cc(CO[Si](C)(C)C(C)(C)C)n(-c3ccccc3)c(=O)c12.[CH3-].[I-].[Mg+2].[O]=[Mn]=[O]. The van der Waals surface area contributed by atoms with Crippen molar-refractivity contribution in [3.63, 3.8) is 0 Å². The van der Waals surface area contributed by atoms with Crippen LogP contribution in [0.4, 0.5) is 0 Å². The molecule has 3 aromatic carbocycles. The molecule has 27 nitrogen and oxygen atoms in total. The summed E-state index contributed by atoms with van der Waals surface area (Å²) in [6.45, 7) is 36.2. The van der Waals surface area contributed by atoms with Crippen LogP contribution >= 0.6 is 0 Å². The van der Waals surface area contributed by atoms with Crippen LogP contribution < -0.4 is 57.3 Å². The number of H-pyrrole nitrogens is 3. The number of aliphatic hydroxyl groups excluding tert-OH is 2. The molecule has 0 aliphatic rings. The van der Waals surface area contributed by atoms with Gasteiger partial charge in [0.15, 0.2) is 22.9 Å². The Hall–Kier alpha value is -10.4. The maximum atomic E-state index is 13.3. The fraction of sp³-hybridized carbons (Fsp3) is 0.276. The number of nitrogens with zero attached hydrogens (tertiary/aromatic N) is 9. The molecule has 12 aromatic heterocycles. The number of aldehydes is 1. The molecule has 625 valence electrons. The van der Waals surface area contributed by atoms with Crippen molar-refractivity contribution in [2.75, 3.05) is 6.61 Å². The van der Waals surface area contributed by atoms with Crippen LogP contribution in [0, 0.1) is 49.0 Å². The van der Waals surface area contributed by atoms with Gasteiger partial charge in [-0.25, -0.2) is 4.79 Å². The predicted molar refractivity (Wildman–Crippen MR) is 462 cm³/mol. The van der Waals surface area contributed by atoms with Crippen LogP contribution in [0.25, 0.3) is 50.2 Å². The third-order valence-electron chi connectivity index (χ3n) is 20.7. The Kier molecular flexibility index (Phi) is 34.4. The molecule has 12 heterocycles. The van der Waals surface area contributed by atoms with Crippen molar-refractivity contribution in [2.24, 2.45) is 0 Å². The second-order valence-electron chi connectivity index (χ2n) is 30.8. The summed E-state index contributed by atoms with van der Waals surface area (Å²) in [6, 6.07) is 39.7. The molecule has 15 aromatic rings. The molecule has 0 aliphatic heterocycles. The first kappa shape index (κ1) is 97.5. The summed E-state index contributed by atoms with van der Waals surface area (Å²) < 4.78 is 49.6. The molecule has 5 N–H and O–H groups in total. The van der Waals surface area contributed by atoms with Gasteiger partial charge in [-0.2, -0.15) is 0 Å². The van der Waals surface area contributed by atoms with E-state index in [2.05, 4.69) is 82.7 Å². The maximum absolute atomic E-state index is 13.3. The molecule has 0 radical (unpaired) electrons. The number of aromatic nitrogens is 12. The summed E-state index contributed by atoms with van der Waals surface area (Å²) >= 11 is -1.44. The number of aryl methyl sites for hydroxylation is 6. The summed E-state index contributed by atoms with van der Waals surface area (Å²) in [4.78, 5) is 104. The zero-order valence-electron chi connectivity index (χ0n) is 70.4. The van der Waals surface area contributed by atoms with Gasteiger partial charge in [0, 0.05) is 91.4 Å². The molecular formula is C87H103IMgMnN12O15Si2. The Labute approximate surface area is 729 Å². The molecule has 0 saturated heterocycles. The summed E-state index contributed by atoms with van der Waals surface area (Å²) in [5, 5.41) is 18.6. The number of rotatable bonds is 14. The van der Waals surface area contributed by atoms with E-state index in [9.17, 15) is 43.5 Å². The average molecular weight is 1820 g/mol. The van der Waals surface area contributed by atoms with Crippen LogP contribution in [0.15, 0.2) is 231 Å². The van der Waals surface area contributed by atoms with Gasteiger partial charge in [0.25, 0.3) is 33.4 Å². The first-order chi connectivity index (χ1) is 54.9. The number of nitrogens with one attached hydrogen (secondary N) is 3. The normalized spacial score (nSPS) is 11.2. The molecule has 119 heavy (non-hydrogen) atoms. The van der Waals surface area contributed by atoms with E-state index in [0.29, 0.717) is 75.4 Å². The second-order valence-corrected chi connectivity index (χ2v) is 40.6. The molecule has 15 rings (SSSR count). The molecule has 0 fully saturated rings. The molecule has 0 bridgehead atoms. The van der Waals surface area contributed by atoms with Crippen molar-refractivity contribution in [3.8, 4) is 17.1 Å². The number of hydrogen-bond donors (Lipinski definition) is 5. The van der Waals surface area contributed by atoms with Gasteiger partial charge in [-0.15, -0.1) is 0 Å². The molecule has 0 spiro atoms. The summed E-state index contributed by atoms with van der Waals surface area (Å²) in [7, 11) is -3.71. The zero-order chi connectivity index (χ0) is 84.9. The third-order valence-corrected chi connectivity index (χ3v) is 29.6. The Balaban J connectivity index is 0.000000221. The van der Waals surface area contributed by atoms with Crippen LogP contribution in [0.3, 0.4) is 0 Å². The Morgan fingerprint density at radius 3 is 1.12 bits per heavy atom. The van der Waals surface area contributed by atoms with E-state index in [1.165, 1.54) is 4.57 Å². The predicted octanol–water partition coefficient (Wildman–Crippen LogP) is 10.9. The molecule has 0 saturated carbocycles. The molecule has 0 amide bonds. The first-order valence-electron chi connectivity index (χ1n) is 37.4. The van der Waals surface area contributed by atoms with E-state index in [1.54, 1.807) is 77.0 Å². The van der Waals surface area contributed by atoms with E-state index >= 15 is 0 Å². The Bertz CT molecular complexity index is 6450. The van der Waals surface area contributed by atoms with Crippen LogP contribution in [0.5, 0.6) is 0 Å². The van der Waals surface area contributed by atoms with Crippen LogP contribution in [0.2, 0.25) is 36.3 Å². The number of benzene rings is 3. The van der Waals surface area contributed by atoms with E-state index in [4.69, 9.17) is 26.4 Å². The van der Waals surface area contributed by atoms with Crippen molar-refractivity contribution in [3.05, 3.63) is 339 Å². The number of ether oxygens (including phenoxy) is 1. The molecule has 0 unspecified atom stereocenters. The van der Waals surface area contributed by atoms with Gasteiger partial charge in [0.05, 0.1) is 55.8 Å². The number of fused-ring (bicyclic) bond motifs is 6. The molecule has 32 heteroatoms. The Morgan fingerprint density at radius 1 is 0.437 bits per heavy atom. The Morgan fingerprint density at radius 2 is 0.748 bits per heavy atom. The molecular weight excluding hydrogens is 1720 g/mol. The number of carbonyl (C=O) groups is 2. The second kappa shape index (κ2) is 42.0. The monoisotopic (exact) mass is 1820 g/mol. The minimum atomic E-state index is -1.92. The number of esters is 1. The van der Waals surface area contributed by atoms with Gasteiger partial charge in [-0.05, 0) is 191 Å². The zero-order valence-corrected chi connectivity index (χ0v) is 77.1. The summed E-state index contributed by atoms with van der Waals surface area (Å²) in [5.74, 6) is -0.521. The number of aliphatic hydroxyl groups is 2. The number of aromatic amines is 3. The van der Waals surface area contributed by atoms with Crippen molar-refractivity contribution in [1.29, 1.82) is 0 Å². The number of hydrogen-bond acceptors (Lipinski definition) is 15. The van der Waals surface area contributed by atoms with Gasteiger partial charge >= 0.3 is 51.5 Å². The van der Waals surface area contributed by atoms with E-state index in [1.807, 2.05) is 209 Å². The third kappa shape index (κ3) is 22.6. The molecule has 0 aliphatic carbocycles. The van der Waals surface area contributed by atoms with E-state index in [0.717, 1.165) is 56.1 Å².